The standard InChI is InChI=1S/C27H27N3O7S/c1-34-24-14-18-12-13-29(27(38)28-19-6-8-20(9-7-19)30(32)33)23(22(18)15-25(24)35-2)16-37-21-10-4-17(5-11-21)26(31)36-3/h4-11,14-15,23H,12-13,16H2,1-3H3,(H,28,38)/t23-/m0/s1. The lowest BCUT2D eigenvalue weighted by Gasteiger charge is -2.39. The Labute approximate surface area is 225 Å². The van der Waals surface area contributed by atoms with Crippen molar-refractivity contribution < 1.29 is 28.7 Å². The van der Waals surface area contributed by atoms with E-state index in [4.69, 9.17) is 31.2 Å². The van der Waals surface area contributed by atoms with Gasteiger partial charge in [0.2, 0.25) is 0 Å². The van der Waals surface area contributed by atoms with Crippen molar-refractivity contribution in [3.8, 4) is 17.2 Å². The van der Waals surface area contributed by atoms with Gasteiger partial charge in [0.25, 0.3) is 5.69 Å². The Bertz CT molecular complexity index is 1330. The molecule has 3 aromatic rings. The summed E-state index contributed by atoms with van der Waals surface area (Å²) in [4.78, 5) is 24.3. The molecule has 3 aromatic carbocycles. The minimum atomic E-state index is -0.448. The van der Waals surface area contributed by atoms with E-state index in [1.54, 1.807) is 50.6 Å². The first-order valence-corrected chi connectivity index (χ1v) is 12.1. The summed E-state index contributed by atoms with van der Waals surface area (Å²) in [5, 5.41) is 14.6. The number of rotatable bonds is 8. The van der Waals surface area contributed by atoms with Gasteiger partial charge in [-0.2, -0.15) is 0 Å². The normalized spacial score (nSPS) is 14.2. The number of methoxy groups -OCH3 is 3. The number of thiocarbonyl (C=S) groups is 1. The number of fused-ring (bicyclic) bond motifs is 1. The molecule has 0 aliphatic carbocycles. The van der Waals surface area contributed by atoms with E-state index in [1.165, 1.54) is 19.2 Å². The summed E-state index contributed by atoms with van der Waals surface area (Å²) in [7, 11) is 4.51. The van der Waals surface area contributed by atoms with Crippen molar-refractivity contribution in [2.24, 2.45) is 0 Å². The first-order chi connectivity index (χ1) is 18.3. The molecule has 1 aliphatic heterocycles. The molecule has 1 N–H and O–H groups in total. The van der Waals surface area contributed by atoms with Crippen molar-refractivity contribution >= 4 is 34.7 Å². The number of anilines is 1. The molecule has 1 atom stereocenters. The number of benzene rings is 3. The number of esters is 1. The SMILES string of the molecule is COC(=O)c1ccc(OC[C@H]2c3cc(OC)c(OC)cc3CCN2C(=S)Nc2ccc([N+](=O)[O-])cc2)cc1. The third-order valence-electron chi connectivity index (χ3n) is 6.28. The number of ether oxygens (including phenoxy) is 4. The summed E-state index contributed by atoms with van der Waals surface area (Å²) in [6, 6.07) is 16.4. The second-order valence-electron chi connectivity index (χ2n) is 8.43. The van der Waals surface area contributed by atoms with Crippen LogP contribution in [0.25, 0.3) is 0 Å². The van der Waals surface area contributed by atoms with Crippen molar-refractivity contribution in [2.45, 2.75) is 12.5 Å². The lowest BCUT2D eigenvalue weighted by atomic mass is 9.92. The summed E-state index contributed by atoms with van der Waals surface area (Å²) < 4.78 is 21.9. The van der Waals surface area contributed by atoms with Crippen LogP contribution >= 0.6 is 12.2 Å². The Kier molecular flexibility index (Phi) is 8.27. The highest BCUT2D eigenvalue weighted by Crippen LogP contribution is 2.38. The van der Waals surface area contributed by atoms with E-state index in [9.17, 15) is 14.9 Å². The van der Waals surface area contributed by atoms with Crippen LogP contribution in [0.4, 0.5) is 11.4 Å². The number of nitrogens with one attached hydrogen (secondary N) is 1. The zero-order valence-electron chi connectivity index (χ0n) is 21.1. The molecule has 198 valence electrons. The smallest absolute Gasteiger partial charge is 0.337 e. The van der Waals surface area contributed by atoms with Crippen molar-refractivity contribution in [3.63, 3.8) is 0 Å². The lowest BCUT2D eigenvalue weighted by molar-refractivity contribution is -0.384. The van der Waals surface area contributed by atoms with E-state index in [1.807, 2.05) is 17.0 Å². The monoisotopic (exact) mass is 537 g/mol. The topological polar surface area (TPSA) is 112 Å². The summed E-state index contributed by atoms with van der Waals surface area (Å²) in [5.74, 6) is 1.39. The Morgan fingerprint density at radius 1 is 1.05 bits per heavy atom. The van der Waals surface area contributed by atoms with Gasteiger partial charge in [0, 0.05) is 24.4 Å². The van der Waals surface area contributed by atoms with Crippen LogP contribution in [0, 0.1) is 10.1 Å². The van der Waals surface area contributed by atoms with E-state index in [2.05, 4.69) is 5.32 Å². The van der Waals surface area contributed by atoms with Crippen LogP contribution in [0.2, 0.25) is 0 Å². The largest absolute Gasteiger partial charge is 0.493 e. The molecule has 10 nitrogen and oxygen atoms in total. The van der Waals surface area contributed by atoms with Crippen LogP contribution in [0.3, 0.4) is 0 Å². The molecule has 0 unspecified atom stereocenters. The molecular formula is C27H27N3O7S. The number of carbonyl (C=O) groups is 1. The predicted octanol–water partition coefficient (Wildman–Crippen LogP) is 4.77. The summed E-state index contributed by atoms with van der Waals surface area (Å²) in [6.45, 7) is 0.860. The second kappa shape index (κ2) is 11.8. The average Bonchev–Trinajstić information content (AvgIpc) is 2.95. The molecule has 0 radical (unpaired) electrons. The number of hydrogen-bond acceptors (Lipinski definition) is 8. The fourth-order valence-corrected chi connectivity index (χ4v) is 4.63. The summed E-state index contributed by atoms with van der Waals surface area (Å²) in [6.07, 6.45) is 0.710. The number of nitrogens with zero attached hydrogens (tertiary/aromatic N) is 2. The van der Waals surface area contributed by atoms with Crippen LogP contribution in [-0.4, -0.2) is 55.4 Å². The average molecular weight is 538 g/mol. The predicted molar refractivity (Wildman–Crippen MR) is 145 cm³/mol. The van der Waals surface area contributed by atoms with Crippen LogP contribution in [0.1, 0.15) is 27.5 Å². The minimum absolute atomic E-state index is 0.00101. The number of non-ortho nitro benzene ring substituents is 1. The Morgan fingerprint density at radius 2 is 1.71 bits per heavy atom. The molecule has 0 fully saturated rings. The fraction of sp³-hybridized carbons (Fsp3) is 0.259. The highest BCUT2D eigenvalue weighted by atomic mass is 32.1. The van der Waals surface area contributed by atoms with E-state index in [-0.39, 0.29) is 18.3 Å². The molecule has 0 amide bonds. The van der Waals surface area contributed by atoms with Gasteiger partial charge in [-0.05, 0) is 78.3 Å². The van der Waals surface area contributed by atoms with Crippen LogP contribution in [-0.2, 0) is 11.2 Å². The van der Waals surface area contributed by atoms with Gasteiger partial charge in [0.05, 0.1) is 37.9 Å². The number of nitro benzene ring substituents is 1. The molecule has 0 saturated carbocycles. The van der Waals surface area contributed by atoms with Gasteiger partial charge in [-0.25, -0.2) is 4.79 Å². The third kappa shape index (κ3) is 5.78. The maximum absolute atomic E-state index is 11.8. The van der Waals surface area contributed by atoms with Crippen molar-refractivity contribution in [1.29, 1.82) is 0 Å². The van der Waals surface area contributed by atoms with Crippen molar-refractivity contribution in [2.75, 3.05) is 39.8 Å². The number of nitro groups is 1. The summed E-state index contributed by atoms with van der Waals surface area (Å²) in [5.41, 5.74) is 3.13. The molecule has 0 bridgehead atoms. The molecule has 0 aromatic heterocycles. The van der Waals surface area contributed by atoms with E-state index < -0.39 is 10.9 Å². The third-order valence-corrected chi connectivity index (χ3v) is 6.61. The molecule has 0 saturated heterocycles. The van der Waals surface area contributed by atoms with E-state index >= 15 is 0 Å². The quantitative estimate of drug-likeness (QED) is 0.187. The van der Waals surface area contributed by atoms with E-state index in [0.29, 0.717) is 46.6 Å². The highest BCUT2D eigenvalue weighted by molar-refractivity contribution is 7.80. The van der Waals surface area contributed by atoms with Crippen LogP contribution in [0.15, 0.2) is 60.7 Å². The summed E-state index contributed by atoms with van der Waals surface area (Å²) >= 11 is 5.76. The van der Waals surface area contributed by atoms with Gasteiger partial charge in [0.1, 0.15) is 12.4 Å². The molecule has 1 heterocycles. The molecule has 38 heavy (non-hydrogen) atoms. The Morgan fingerprint density at radius 3 is 2.32 bits per heavy atom. The first kappa shape index (κ1) is 26.7. The molecule has 11 heteroatoms. The van der Waals surface area contributed by atoms with Crippen molar-refractivity contribution in [1.82, 2.24) is 4.90 Å². The van der Waals surface area contributed by atoms with Gasteiger partial charge in [-0.15, -0.1) is 0 Å². The number of carbonyl (C=O) groups excluding carboxylic acids is 1. The zero-order chi connectivity index (χ0) is 27.2. The lowest BCUT2D eigenvalue weighted by Crippen LogP contribution is -2.44. The van der Waals surface area contributed by atoms with Gasteiger partial charge in [0.15, 0.2) is 16.6 Å². The van der Waals surface area contributed by atoms with Crippen LogP contribution < -0.4 is 19.5 Å². The maximum atomic E-state index is 11.8. The van der Waals surface area contributed by atoms with E-state index in [0.717, 1.165) is 11.1 Å². The van der Waals surface area contributed by atoms with Gasteiger partial charge < -0.3 is 29.2 Å². The first-order valence-electron chi connectivity index (χ1n) is 11.7. The van der Waals surface area contributed by atoms with Gasteiger partial charge >= 0.3 is 5.97 Å². The van der Waals surface area contributed by atoms with Crippen LogP contribution in [0.5, 0.6) is 17.2 Å². The zero-order valence-corrected chi connectivity index (χ0v) is 21.9. The maximum Gasteiger partial charge on any atom is 0.337 e. The molecule has 1 aliphatic rings. The van der Waals surface area contributed by atoms with Gasteiger partial charge in [-0.3, -0.25) is 10.1 Å². The minimum Gasteiger partial charge on any atom is -0.493 e. The second-order valence-corrected chi connectivity index (χ2v) is 8.81. The van der Waals surface area contributed by atoms with Gasteiger partial charge in [-0.1, -0.05) is 0 Å². The molecule has 4 rings (SSSR count). The molecular weight excluding hydrogens is 510 g/mol. The number of hydrogen-bond donors (Lipinski definition) is 1. The molecule has 0 spiro atoms. The Hall–Kier alpha value is -4.38. The fourth-order valence-electron chi connectivity index (χ4n) is 4.29. The highest BCUT2D eigenvalue weighted by Gasteiger charge is 2.31. The Balaban J connectivity index is 1.60. The van der Waals surface area contributed by atoms with Crippen molar-refractivity contribution in [3.05, 3.63) is 87.5 Å².